The maximum Gasteiger partial charge on any atom is 0.269 e. The Morgan fingerprint density at radius 3 is 2.79 bits per heavy atom. The Morgan fingerprint density at radius 2 is 2.00 bits per heavy atom. The van der Waals surface area contributed by atoms with Crippen molar-refractivity contribution in [2.75, 3.05) is 18.5 Å². The molecule has 0 radical (unpaired) electrons. The van der Waals surface area contributed by atoms with Crippen molar-refractivity contribution < 1.29 is 14.3 Å². The monoisotopic (exact) mass is 415 g/mol. The van der Waals surface area contributed by atoms with Gasteiger partial charge in [0.25, 0.3) is 5.91 Å². The number of carbonyl (C=O) groups is 1. The summed E-state index contributed by atoms with van der Waals surface area (Å²) in [6.45, 7) is 7.27. The second-order valence-electron chi connectivity index (χ2n) is 6.97. The molecule has 3 aromatic rings. The number of fused-ring (bicyclic) bond motifs is 1. The smallest absolute Gasteiger partial charge is 0.269 e. The summed E-state index contributed by atoms with van der Waals surface area (Å²) >= 11 is 2.85. The lowest BCUT2D eigenvalue weighted by molar-refractivity contribution is 0.103. The number of thiazole rings is 2. The van der Waals surface area contributed by atoms with E-state index in [-0.39, 0.29) is 5.91 Å². The van der Waals surface area contributed by atoms with E-state index in [2.05, 4.69) is 29.1 Å². The van der Waals surface area contributed by atoms with Crippen LogP contribution >= 0.6 is 22.7 Å². The van der Waals surface area contributed by atoms with Gasteiger partial charge in [0.15, 0.2) is 16.6 Å². The molecule has 0 saturated carbocycles. The highest BCUT2D eigenvalue weighted by molar-refractivity contribution is 7.15. The maximum atomic E-state index is 12.7. The van der Waals surface area contributed by atoms with E-state index in [1.54, 1.807) is 0 Å². The average Bonchev–Trinajstić information content (AvgIpc) is 3.27. The van der Waals surface area contributed by atoms with Crippen LogP contribution in [0.15, 0.2) is 23.6 Å². The van der Waals surface area contributed by atoms with Gasteiger partial charge in [-0.2, -0.15) is 0 Å². The van der Waals surface area contributed by atoms with Crippen LogP contribution in [0.5, 0.6) is 11.5 Å². The number of amides is 1. The topological polar surface area (TPSA) is 73.3 Å². The molecule has 0 fully saturated rings. The number of nitrogens with one attached hydrogen (secondary N) is 1. The minimum Gasteiger partial charge on any atom is -0.486 e. The zero-order valence-electron chi connectivity index (χ0n) is 15.9. The Bertz CT molecular complexity index is 1010. The van der Waals surface area contributed by atoms with Crippen molar-refractivity contribution >= 4 is 33.7 Å². The van der Waals surface area contributed by atoms with Crippen molar-refractivity contribution in [3.8, 4) is 22.8 Å². The van der Waals surface area contributed by atoms with Gasteiger partial charge in [0.2, 0.25) is 0 Å². The van der Waals surface area contributed by atoms with E-state index >= 15 is 0 Å². The number of anilines is 1. The van der Waals surface area contributed by atoms with Gasteiger partial charge in [0.05, 0.1) is 16.4 Å². The fraction of sp³-hybridized carbons (Fsp3) is 0.350. The van der Waals surface area contributed by atoms with Gasteiger partial charge in [-0.3, -0.25) is 10.1 Å². The lowest BCUT2D eigenvalue weighted by Crippen LogP contribution is -2.15. The van der Waals surface area contributed by atoms with Crippen LogP contribution in [0, 0.1) is 12.8 Å². The molecule has 8 heteroatoms. The molecule has 1 aromatic carbocycles. The predicted octanol–water partition coefficient (Wildman–Crippen LogP) is 4.80. The molecule has 0 spiro atoms. The van der Waals surface area contributed by atoms with E-state index < -0.39 is 0 Å². The number of hydrogen-bond acceptors (Lipinski definition) is 7. The summed E-state index contributed by atoms with van der Waals surface area (Å²) in [6.07, 6.45) is 0.879. The van der Waals surface area contributed by atoms with Crippen LogP contribution in [0.2, 0.25) is 0 Å². The van der Waals surface area contributed by atoms with Crippen molar-refractivity contribution in [1.29, 1.82) is 0 Å². The van der Waals surface area contributed by atoms with Gasteiger partial charge < -0.3 is 9.47 Å². The van der Waals surface area contributed by atoms with Crippen molar-refractivity contribution in [2.24, 2.45) is 5.92 Å². The SMILES string of the molecule is Cc1nc(CC(C)C)sc1C(=O)Nc1nc(-c2ccc3c(c2)OCCO3)cs1. The van der Waals surface area contributed by atoms with E-state index in [4.69, 9.17) is 9.47 Å². The molecule has 0 atom stereocenters. The maximum absolute atomic E-state index is 12.7. The van der Waals surface area contributed by atoms with Gasteiger partial charge in [-0.25, -0.2) is 9.97 Å². The normalized spacial score (nSPS) is 13.0. The van der Waals surface area contributed by atoms with Crippen LogP contribution in [0.25, 0.3) is 11.3 Å². The minimum atomic E-state index is -0.159. The first-order valence-corrected chi connectivity index (χ1v) is 10.8. The molecule has 1 N–H and O–H groups in total. The molecule has 3 heterocycles. The molecule has 1 aliphatic rings. The van der Waals surface area contributed by atoms with Crippen LogP contribution in [-0.4, -0.2) is 29.1 Å². The lowest BCUT2D eigenvalue weighted by Gasteiger charge is -2.18. The molecule has 0 aliphatic carbocycles. The van der Waals surface area contributed by atoms with Crippen molar-refractivity contribution in [2.45, 2.75) is 27.2 Å². The number of carbonyl (C=O) groups excluding carboxylic acids is 1. The van der Waals surface area contributed by atoms with Crippen molar-refractivity contribution in [3.63, 3.8) is 0 Å². The Hall–Kier alpha value is -2.45. The highest BCUT2D eigenvalue weighted by Crippen LogP contribution is 2.35. The molecule has 0 unspecified atom stereocenters. The molecule has 146 valence electrons. The van der Waals surface area contributed by atoms with Crippen LogP contribution in [0.4, 0.5) is 5.13 Å². The summed E-state index contributed by atoms with van der Waals surface area (Å²) in [4.78, 5) is 22.4. The summed E-state index contributed by atoms with van der Waals surface area (Å²) in [5, 5.41) is 6.38. The molecular formula is C20H21N3O3S2. The molecular weight excluding hydrogens is 394 g/mol. The minimum absolute atomic E-state index is 0.159. The molecule has 1 amide bonds. The third kappa shape index (κ3) is 4.02. The standard InChI is InChI=1S/C20H21N3O3S2/c1-11(2)8-17-21-12(3)18(28-17)19(24)23-20-22-14(10-27-20)13-4-5-15-16(9-13)26-7-6-25-15/h4-5,9-11H,6-8H2,1-3H3,(H,22,23,24). The first-order valence-electron chi connectivity index (χ1n) is 9.13. The summed E-state index contributed by atoms with van der Waals surface area (Å²) in [6, 6.07) is 5.75. The second kappa shape index (κ2) is 7.89. The zero-order chi connectivity index (χ0) is 19.7. The van der Waals surface area contributed by atoms with E-state index in [1.807, 2.05) is 30.5 Å². The Morgan fingerprint density at radius 1 is 1.21 bits per heavy atom. The third-order valence-electron chi connectivity index (χ3n) is 4.19. The van der Waals surface area contributed by atoms with E-state index in [1.165, 1.54) is 22.7 Å². The van der Waals surface area contributed by atoms with Gasteiger partial charge in [0, 0.05) is 17.4 Å². The van der Waals surface area contributed by atoms with Gasteiger partial charge in [0.1, 0.15) is 18.1 Å². The number of aromatic nitrogens is 2. The number of ether oxygens (including phenoxy) is 2. The number of benzene rings is 1. The first-order chi connectivity index (χ1) is 13.5. The Kier molecular flexibility index (Phi) is 5.32. The Balaban J connectivity index is 1.49. The van der Waals surface area contributed by atoms with Gasteiger partial charge in [-0.15, -0.1) is 22.7 Å². The fourth-order valence-corrected chi connectivity index (χ4v) is 4.81. The summed E-state index contributed by atoms with van der Waals surface area (Å²) in [5.74, 6) is 1.82. The predicted molar refractivity (Wildman–Crippen MR) is 112 cm³/mol. The quantitative estimate of drug-likeness (QED) is 0.648. The van der Waals surface area contributed by atoms with Gasteiger partial charge in [-0.05, 0) is 31.0 Å². The first kappa shape index (κ1) is 18.9. The number of hydrogen-bond donors (Lipinski definition) is 1. The summed E-state index contributed by atoms with van der Waals surface area (Å²) in [7, 11) is 0. The van der Waals surface area contributed by atoms with Crippen LogP contribution in [0.3, 0.4) is 0 Å². The van der Waals surface area contributed by atoms with Crippen molar-refractivity contribution in [1.82, 2.24) is 9.97 Å². The molecule has 0 saturated heterocycles. The number of nitrogens with zero attached hydrogens (tertiary/aromatic N) is 2. The van der Waals surface area contributed by atoms with Crippen molar-refractivity contribution in [3.05, 3.63) is 39.2 Å². The number of aryl methyl sites for hydroxylation is 1. The van der Waals surface area contributed by atoms with E-state index in [9.17, 15) is 4.79 Å². The molecule has 6 nitrogen and oxygen atoms in total. The highest BCUT2D eigenvalue weighted by atomic mass is 32.1. The molecule has 2 aromatic heterocycles. The second-order valence-corrected chi connectivity index (χ2v) is 8.91. The van der Waals surface area contributed by atoms with E-state index in [0.717, 1.165) is 39.9 Å². The highest BCUT2D eigenvalue weighted by Gasteiger charge is 2.18. The largest absolute Gasteiger partial charge is 0.486 e. The average molecular weight is 416 g/mol. The summed E-state index contributed by atoms with van der Waals surface area (Å²) < 4.78 is 11.2. The van der Waals surface area contributed by atoms with Crippen LogP contribution in [-0.2, 0) is 6.42 Å². The molecule has 0 bridgehead atoms. The zero-order valence-corrected chi connectivity index (χ0v) is 17.6. The number of rotatable bonds is 5. The molecule has 28 heavy (non-hydrogen) atoms. The Labute approximate surface area is 171 Å². The summed E-state index contributed by atoms with van der Waals surface area (Å²) in [5.41, 5.74) is 2.48. The lowest BCUT2D eigenvalue weighted by atomic mass is 10.1. The van der Waals surface area contributed by atoms with Crippen LogP contribution in [0.1, 0.15) is 34.2 Å². The van der Waals surface area contributed by atoms with Gasteiger partial charge >= 0.3 is 0 Å². The van der Waals surface area contributed by atoms with E-state index in [0.29, 0.717) is 29.1 Å². The molecule has 4 rings (SSSR count). The van der Waals surface area contributed by atoms with Gasteiger partial charge in [-0.1, -0.05) is 13.8 Å². The third-order valence-corrected chi connectivity index (χ3v) is 6.13. The van der Waals surface area contributed by atoms with Crippen LogP contribution < -0.4 is 14.8 Å². The molecule has 1 aliphatic heterocycles. The fourth-order valence-electron chi connectivity index (χ4n) is 2.92.